The van der Waals surface area contributed by atoms with Gasteiger partial charge in [-0.05, 0) is 44.0 Å². The van der Waals surface area contributed by atoms with Crippen molar-refractivity contribution in [2.24, 2.45) is 5.41 Å². The van der Waals surface area contributed by atoms with Gasteiger partial charge in [-0.25, -0.2) is 0 Å². The molecule has 0 bridgehead atoms. The van der Waals surface area contributed by atoms with Crippen LogP contribution in [0.4, 0.5) is 5.69 Å². The van der Waals surface area contributed by atoms with Crippen molar-refractivity contribution in [1.82, 2.24) is 0 Å². The molecular weight excluding hydrogens is 202 g/mol. The molecule has 16 heavy (non-hydrogen) atoms. The van der Waals surface area contributed by atoms with E-state index in [4.69, 9.17) is 4.74 Å². The van der Waals surface area contributed by atoms with E-state index in [0.717, 1.165) is 30.8 Å². The van der Waals surface area contributed by atoms with Crippen molar-refractivity contribution in [2.75, 3.05) is 25.1 Å². The molecule has 0 radical (unpaired) electrons. The lowest BCUT2D eigenvalue weighted by atomic mass is 10.1. The van der Waals surface area contributed by atoms with Gasteiger partial charge in [0.1, 0.15) is 5.75 Å². The van der Waals surface area contributed by atoms with Crippen molar-refractivity contribution in [2.45, 2.75) is 19.8 Å². The molecule has 1 fully saturated rings. The van der Waals surface area contributed by atoms with E-state index < -0.39 is 0 Å². The summed E-state index contributed by atoms with van der Waals surface area (Å²) in [5.74, 6) is 0.899. The van der Waals surface area contributed by atoms with Crippen LogP contribution in [0.15, 0.2) is 24.3 Å². The first kappa shape index (κ1) is 11.3. The molecule has 0 amide bonds. The summed E-state index contributed by atoms with van der Waals surface area (Å²) >= 11 is 0. The lowest BCUT2D eigenvalue weighted by Gasteiger charge is -2.14. The maximum absolute atomic E-state index is 9.19. The van der Waals surface area contributed by atoms with E-state index >= 15 is 0 Å². The molecule has 0 saturated heterocycles. The summed E-state index contributed by atoms with van der Waals surface area (Å²) < 4.78 is 5.37. The molecule has 0 aromatic heterocycles. The highest BCUT2D eigenvalue weighted by Crippen LogP contribution is 2.44. The lowest BCUT2D eigenvalue weighted by Crippen LogP contribution is -2.18. The molecule has 1 aliphatic rings. The first-order valence-corrected chi connectivity index (χ1v) is 5.86. The fourth-order valence-electron chi connectivity index (χ4n) is 1.69. The summed E-state index contributed by atoms with van der Waals surface area (Å²) in [4.78, 5) is 0. The van der Waals surface area contributed by atoms with Gasteiger partial charge in [-0.3, -0.25) is 0 Å². The Bertz CT molecular complexity index is 330. The molecule has 1 aromatic rings. The number of nitrogens with one attached hydrogen (secondary N) is 1. The van der Waals surface area contributed by atoms with Crippen LogP contribution in [0.1, 0.15) is 19.8 Å². The standard InChI is InChI=1S/C13H19NO2/c1-2-16-12-5-3-11(4-6-12)14-9-13(10-15)7-8-13/h3-6,14-15H,2,7-10H2,1H3. The maximum Gasteiger partial charge on any atom is 0.119 e. The van der Waals surface area contributed by atoms with Gasteiger partial charge in [0.15, 0.2) is 0 Å². The Morgan fingerprint density at radius 3 is 2.50 bits per heavy atom. The van der Waals surface area contributed by atoms with Crippen LogP contribution in [0.2, 0.25) is 0 Å². The summed E-state index contributed by atoms with van der Waals surface area (Å²) in [5.41, 5.74) is 1.24. The molecule has 0 aliphatic heterocycles. The highest BCUT2D eigenvalue weighted by Gasteiger charge is 2.41. The Morgan fingerprint density at radius 2 is 2.00 bits per heavy atom. The molecule has 88 valence electrons. The molecule has 0 spiro atoms. The number of hydrogen-bond acceptors (Lipinski definition) is 3. The normalized spacial score (nSPS) is 16.9. The predicted octanol–water partition coefficient (Wildman–Crippen LogP) is 2.27. The third-order valence-corrected chi connectivity index (χ3v) is 3.13. The SMILES string of the molecule is CCOc1ccc(NCC2(CO)CC2)cc1. The van der Waals surface area contributed by atoms with E-state index in [2.05, 4.69) is 5.32 Å². The molecule has 1 saturated carbocycles. The maximum atomic E-state index is 9.19. The average Bonchev–Trinajstić information content (AvgIpc) is 3.09. The summed E-state index contributed by atoms with van der Waals surface area (Å²) in [6.45, 7) is 3.82. The highest BCUT2D eigenvalue weighted by atomic mass is 16.5. The van der Waals surface area contributed by atoms with Gasteiger partial charge in [-0.2, -0.15) is 0 Å². The first-order valence-electron chi connectivity index (χ1n) is 5.86. The molecule has 3 nitrogen and oxygen atoms in total. The summed E-state index contributed by atoms with van der Waals surface area (Å²) in [5, 5.41) is 12.5. The predicted molar refractivity (Wildman–Crippen MR) is 64.9 cm³/mol. The van der Waals surface area contributed by atoms with Crippen LogP contribution in [0.3, 0.4) is 0 Å². The quantitative estimate of drug-likeness (QED) is 0.774. The number of rotatable bonds is 6. The van der Waals surface area contributed by atoms with Crippen LogP contribution < -0.4 is 10.1 Å². The number of aliphatic hydroxyl groups is 1. The summed E-state index contributed by atoms with van der Waals surface area (Å²) in [6, 6.07) is 7.95. The Hall–Kier alpha value is -1.22. The second-order valence-corrected chi connectivity index (χ2v) is 4.47. The monoisotopic (exact) mass is 221 g/mol. The zero-order valence-corrected chi connectivity index (χ0v) is 9.70. The van der Waals surface area contributed by atoms with Crippen LogP contribution in [-0.4, -0.2) is 24.9 Å². The van der Waals surface area contributed by atoms with E-state index in [1.54, 1.807) is 0 Å². The van der Waals surface area contributed by atoms with Gasteiger partial charge in [0, 0.05) is 17.6 Å². The fourth-order valence-corrected chi connectivity index (χ4v) is 1.69. The molecule has 2 rings (SSSR count). The van der Waals surface area contributed by atoms with Crippen molar-refractivity contribution in [3.05, 3.63) is 24.3 Å². The van der Waals surface area contributed by atoms with Gasteiger partial charge in [-0.1, -0.05) is 0 Å². The van der Waals surface area contributed by atoms with Gasteiger partial charge >= 0.3 is 0 Å². The second-order valence-electron chi connectivity index (χ2n) is 4.47. The number of aliphatic hydroxyl groups excluding tert-OH is 1. The van der Waals surface area contributed by atoms with Crippen LogP contribution in [-0.2, 0) is 0 Å². The van der Waals surface area contributed by atoms with E-state index in [1.807, 2.05) is 31.2 Å². The zero-order chi connectivity index (χ0) is 11.4. The van der Waals surface area contributed by atoms with E-state index in [9.17, 15) is 5.11 Å². The average molecular weight is 221 g/mol. The van der Waals surface area contributed by atoms with Crippen LogP contribution in [0.5, 0.6) is 5.75 Å². The van der Waals surface area contributed by atoms with Crippen molar-refractivity contribution in [3.63, 3.8) is 0 Å². The Morgan fingerprint density at radius 1 is 1.31 bits per heavy atom. The van der Waals surface area contributed by atoms with Crippen LogP contribution in [0.25, 0.3) is 0 Å². The minimum absolute atomic E-state index is 0.151. The fraction of sp³-hybridized carbons (Fsp3) is 0.538. The Labute approximate surface area is 96.4 Å². The van der Waals surface area contributed by atoms with Gasteiger partial charge in [0.25, 0.3) is 0 Å². The van der Waals surface area contributed by atoms with Gasteiger partial charge < -0.3 is 15.2 Å². The molecule has 2 N–H and O–H groups in total. The van der Waals surface area contributed by atoms with Gasteiger partial charge in [-0.15, -0.1) is 0 Å². The van der Waals surface area contributed by atoms with Gasteiger partial charge in [0.2, 0.25) is 0 Å². The second kappa shape index (κ2) is 4.74. The lowest BCUT2D eigenvalue weighted by molar-refractivity contribution is 0.220. The Balaban J connectivity index is 1.85. The highest BCUT2D eigenvalue weighted by molar-refractivity contribution is 5.46. The topological polar surface area (TPSA) is 41.5 Å². The Kier molecular flexibility index (Phi) is 3.34. The van der Waals surface area contributed by atoms with Crippen molar-refractivity contribution < 1.29 is 9.84 Å². The molecule has 0 atom stereocenters. The minimum atomic E-state index is 0.151. The molecule has 0 unspecified atom stereocenters. The third kappa shape index (κ3) is 2.67. The molecule has 1 aromatic carbocycles. The van der Waals surface area contributed by atoms with Gasteiger partial charge in [0.05, 0.1) is 13.2 Å². The van der Waals surface area contributed by atoms with Crippen molar-refractivity contribution >= 4 is 5.69 Å². The van der Waals surface area contributed by atoms with Crippen molar-refractivity contribution in [3.8, 4) is 5.75 Å². The van der Waals surface area contributed by atoms with Crippen LogP contribution in [0, 0.1) is 5.41 Å². The summed E-state index contributed by atoms with van der Waals surface area (Å²) in [6.07, 6.45) is 2.26. The van der Waals surface area contributed by atoms with E-state index in [0.29, 0.717) is 6.61 Å². The van der Waals surface area contributed by atoms with Crippen LogP contribution >= 0.6 is 0 Å². The number of anilines is 1. The molecule has 3 heteroatoms. The van der Waals surface area contributed by atoms with E-state index in [-0.39, 0.29) is 12.0 Å². The van der Waals surface area contributed by atoms with Crippen molar-refractivity contribution in [1.29, 1.82) is 0 Å². The molecular formula is C13H19NO2. The van der Waals surface area contributed by atoms with E-state index in [1.165, 1.54) is 0 Å². The summed E-state index contributed by atoms with van der Waals surface area (Å²) in [7, 11) is 0. The third-order valence-electron chi connectivity index (χ3n) is 3.13. The largest absolute Gasteiger partial charge is 0.494 e. The number of hydrogen-bond donors (Lipinski definition) is 2. The first-order chi connectivity index (χ1) is 7.78. The molecule has 1 aliphatic carbocycles. The zero-order valence-electron chi connectivity index (χ0n) is 9.70. The molecule has 0 heterocycles. The number of ether oxygens (including phenoxy) is 1. The number of benzene rings is 1. The smallest absolute Gasteiger partial charge is 0.119 e. The minimum Gasteiger partial charge on any atom is -0.494 e.